The number of aromatic nitrogens is 2. The number of halogens is 2. The Labute approximate surface area is 95.6 Å². The largest absolute Gasteiger partial charge is 0.334 e. The van der Waals surface area contributed by atoms with Crippen LogP contribution in [0.2, 0.25) is 0 Å². The number of imidazole rings is 1. The molecule has 2 rings (SSSR count). The van der Waals surface area contributed by atoms with Crippen LogP contribution in [0.5, 0.6) is 0 Å². The average molecular weight is 259 g/mol. The van der Waals surface area contributed by atoms with Crippen molar-refractivity contribution in [1.82, 2.24) is 9.97 Å². The Balaban J connectivity index is 2.30. The van der Waals surface area contributed by atoms with Crippen LogP contribution in [0, 0.1) is 11.6 Å². The summed E-state index contributed by atoms with van der Waals surface area (Å²) in [5, 5.41) is -0.165. The molecule has 0 atom stereocenters. The van der Waals surface area contributed by atoms with Crippen LogP contribution in [0.15, 0.2) is 35.7 Å². The predicted molar refractivity (Wildman–Crippen MR) is 55.8 cm³/mol. The highest BCUT2D eigenvalue weighted by Gasteiger charge is 2.16. The smallest absolute Gasteiger partial charge is 0.278 e. The van der Waals surface area contributed by atoms with Gasteiger partial charge < -0.3 is 4.98 Å². The Kier molecular flexibility index (Phi) is 2.80. The van der Waals surface area contributed by atoms with E-state index in [1.54, 1.807) is 0 Å². The van der Waals surface area contributed by atoms with Gasteiger partial charge in [0.05, 0.1) is 18.2 Å². The third-order valence-corrected chi connectivity index (χ3v) is 3.24. The van der Waals surface area contributed by atoms with Gasteiger partial charge in [-0.15, -0.1) is 0 Å². The lowest BCUT2D eigenvalue weighted by molar-refractivity contribution is 0.509. The second-order valence-corrected chi connectivity index (χ2v) is 4.80. The summed E-state index contributed by atoms with van der Waals surface area (Å²) in [4.78, 5) is 5.95. The summed E-state index contributed by atoms with van der Waals surface area (Å²) in [6.45, 7) is 0. The molecule has 0 amide bonds. The highest BCUT2D eigenvalue weighted by molar-refractivity contribution is 7.92. The summed E-state index contributed by atoms with van der Waals surface area (Å²) < 4.78 is 50.9. The third kappa shape index (κ3) is 2.41. The van der Waals surface area contributed by atoms with E-state index < -0.39 is 21.7 Å². The first-order valence-electron chi connectivity index (χ1n) is 4.45. The maximum Gasteiger partial charge on any atom is 0.278 e. The highest BCUT2D eigenvalue weighted by atomic mass is 32.2. The second kappa shape index (κ2) is 4.13. The summed E-state index contributed by atoms with van der Waals surface area (Å²) >= 11 is 0. The molecule has 0 fully saturated rings. The zero-order valence-electron chi connectivity index (χ0n) is 8.31. The molecule has 0 unspecified atom stereocenters. The van der Waals surface area contributed by atoms with E-state index in [-0.39, 0.29) is 10.7 Å². The van der Waals surface area contributed by atoms with E-state index >= 15 is 0 Å². The molecule has 5 nitrogen and oxygen atoms in total. The van der Waals surface area contributed by atoms with Crippen molar-refractivity contribution >= 4 is 15.7 Å². The van der Waals surface area contributed by atoms with Crippen molar-refractivity contribution < 1.29 is 17.2 Å². The Morgan fingerprint density at radius 1 is 1.24 bits per heavy atom. The molecule has 0 spiro atoms. The number of sulfonamides is 1. The average Bonchev–Trinajstić information content (AvgIpc) is 2.77. The van der Waals surface area contributed by atoms with E-state index in [4.69, 9.17) is 0 Å². The van der Waals surface area contributed by atoms with Gasteiger partial charge >= 0.3 is 0 Å². The van der Waals surface area contributed by atoms with Crippen molar-refractivity contribution in [2.45, 2.75) is 5.03 Å². The van der Waals surface area contributed by atoms with Crippen molar-refractivity contribution in [3.05, 3.63) is 42.4 Å². The highest BCUT2D eigenvalue weighted by Crippen LogP contribution is 2.16. The molecule has 1 heterocycles. The Bertz CT molecular complexity index is 626. The van der Waals surface area contributed by atoms with E-state index in [2.05, 4.69) is 14.7 Å². The first kappa shape index (κ1) is 11.5. The summed E-state index contributed by atoms with van der Waals surface area (Å²) in [5.74, 6) is -2.18. The van der Waals surface area contributed by atoms with Gasteiger partial charge in [0, 0.05) is 6.07 Å². The molecular formula is C9H7F2N3O2S. The maximum atomic E-state index is 12.9. The molecule has 1 aromatic heterocycles. The van der Waals surface area contributed by atoms with Gasteiger partial charge in [0.25, 0.3) is 10.0 Å². The summed E-state index contributed by atoms with van der Waals surface area (Å²) in [6, 6.07) is 2.70. The standard InChI is InChI=1S/C9H7F2N3O2S/c10-7-2-1-6(3-8(7)11)14-17(15,16)9-4-12-5-13-9/h1-5,14H,(H,12,13). The molecular weight excluding hydrogens is 252 g/mol. The zero-order valence-corrected chi connectivity index (χ0v) is 9.13. The number of hydrogen-bond acceptors (Lipinski definition) is 3. The Hall–Kier alpha value is -1.96. The van der Waals surface area contributed by atoms with Gasteiger partial charge in [-0.3, -0.25) is 4.72 Å². The van der Waals surface area contributed by atoms with Crippen LogP contribution >= 0.6 is 0 Å². The van der Waals surface area contributed by atoms with Gasteiger partial charge in [0.2, 0.25) is 0 Å². The second-order valence-electron chi connectivity index (χ2n) is 3.15. The SMILES string of the molecule is O=S(=O)(Nc1ccc(F)c(F)c1)c1cnc[nH]1. The van der Waals surface area contributed by atoms with Gasteiger partial charge in [-0.1, -0.05) is 0 Å². The van der Waals surface area contributed by atoms with Gasteiger partial charge in [-0.2, -0.15) is 8.42 Å². The number of anilines is 1. The minimum absolute atomic E-state index is 0.0708. The number of nitrogens with zero attached hydrogens (tertiary/aromatic N) is 1. The van der Waals surface area contributed by atoms with Crippen LogP contribution in [-0.4, -0.2) is 18.4 Å². The normalized spacial score (nSPS) is 11.4. The molecule has 2 aromatic rings. The predicted octanol–water partition coefficient (Wildman–Crippen LogP) is 1.49. The number of benzene rings is 1. The number of hydrogen-bond donors (Lipinski definition) is 2. The molecule has 0 saturated carbocycles. The van der Waals surface area contributed by atoms with E-state index in [1.807, 2.05) is 0 Å². The van der Waals surface area contributed by atoms with Crippen LogP contribution < -0.4 is 4.72 Å². The van der Waals surface area contributed by atoms with Crippen LogP contribution in [-0.2, 0) is 10.0 Å². The van der Waals surface area contributed by atoms with Crippen molar-refractivity contribution in [3.63, 3.8) is 0 Å². The molecule has 0 aliphatic carbocycles. The monoisotopic (exact) mass is 259 g/mol. The fourth-order valence-corrected chi connectivity index (χ4v) is 2.11. The summed E-state index contributed by atoms with van der Waals surface area (Å²) in [5.41, 5.74) is -0.0708. The third-order valence-electron chi connectivity index (χ3n) is 1.93. The molecule has 17 heavy (non-hydrogen) atoms. The molecule has 0 aliphatic rings. The van der Waals surface area contributed by atoms with Crippen LogP contribution in [0.3, 0.4) is 0 Å². The quantitative estimate of drug-likeness (QED) is 0.876. The number of rotatable bonds is 3. The summed E-state index contributed by atoms with van der Waals surface area (Å²) in [7, 11) is -3.86. The maximum absolute atomic E-state index is 12.9. The number of H-pyrrole nitrogens is 1. The van der Waals surface area contributed by atoms with Gasteiger partial charge in [-0.25, -0.2) is 13.8 Å². The summed E-state index contributed by atoms with van der Waals surface area (Å²) in [6.07, 6.45) is 2.29. The lowest BCUT2D eigenvalue weighted by Crippen LogP contribution is -2.13. The topological polar surface area (TPSA) is 74.8 Å². The van der Waals surface area contributed by atoms with Gasteiger partial charge in [0.1, 0.15) is 0 Å². The minimum Gasteiger partial charge on any atom is -0.334 e. The molecule has 8 heteroatoms. The Morgan fingerprint density at radius 2 is 2.00 bits per heavy atom. The minimum atomic E-state index is -3.86. The van der Waals surface area contributed by atoms with E-state index in [9.17, 15) is 17.2 Å². The Morgan fingerprint density at radius 3 is 2.59 bits per heavy atom. The fourth-order valence-electron chi connectivity index (χ4n) is 1.16. The van der Waals surface area contributed by atoms with Crippen molar-refractivity contribution in [1.29, 1.82) is 0 Å². The van der Waals surface area contributed by atoms with E-state index in [0.717, 1.165) is 24.4 Å². The van der Waals surface area contributed by atoms with E-state index in [1.165, 1.54) is 6.33 Å². The zero-order chi connectivity index (χ0) is 12.5. The molecule has 0 radical (unpaired) electrons. The first-order valence-corrected chi connectivity index (χ1v) is 5.93. The van der Waals surface area contributed by atoms with Crippen molar-refractivity contribution in [3.8, 4) is 0 Å². The number of aromatic amines is 1. The molecule has 90 valence electrons. The van der Waals surface area contributed by atoms with Gasteiger partial charge in [-0.05, 0) is 12.1 Å². The van der Waals surface area contributed by atoms with Crippen LogP contribution in [0.4, 0.5) is 14.5 Å². The fraction of sp³-hybridized carbons (Fsp3) is 0. The molecule has 1 aromatic carbocycles. The van der Waals surface area contributed by atoms with Crippen molar-refractivity contribution in [2.75, 3.05) is 4.72 Å². The molecule has 0 saturated heterocycles. The van der Waals surface area contributed by atoms with Crippen molar-refractivity contribution in [2.24, 2.45) is 0 Å². The lowest BCUT2D eigenvalue weighted by Gasteiger charge is -2.06. The first-order chi connectivity index (χ1) is 7.99. The van der Waals surface area contributed by atoms with E-state index in [0.29, 0.717) is 0 Å². The van der Waals surface area contributed by atoms with Crippen LogP contribution in [0.25, 0.3) is 0 Å². The van der Waals surface area contributed by atoms with Crippen LogP contribution in [0.1, 0.15) is 0 Å². The van der Waals surface area contributed by atoms with Gasteiger partial charge in [0.15, 0.2) is 16.7 Å². The lowest BCUT2D eigenvalue weighted by atomic mass is 10.3. The molecule has 0 aliphatic heterocycles. The molecule has 0 bridgehead atoms. The number of nitrogens with one attached hydrogen (secondary N) is 2. The molecule has 2 N–H and O–H groups in total.